The molecule has 1 aromatic carbocycles. The number of amides is 1. The molecular weight excluding hydrogens is 337 g/mol. The molecule has 134 valence electrons. The number of nitrogens with zero attached hydrogens (tertiary/aromatic N) is 4. The summed E-state index contributed by atoms with van der Waals surface area (Å²) in [5, 5.41) is 10.8. The molecule has 1 aliphatic rings. The molecular formula is C18H18FN5O2. The number of rotatable bonds is 4. The first-order valence-electron chi connectivity index (χ1n) is 8.50. The molecule has 4 rings (SSSR count). The van der Waals surface area contributed by atoms with Gasteiger partial charge in [-0.05, 0) is 36.1 Å². The minimum atomic E-state index is -0.422. The lowest BCUT2D eigenvalue weighted by molar-refractivity contribution is 0.0936. The number of benzene rings is 1. The molecule has 0 radical (unpaired) electrons. The number of hydrogen-bond acceptors (Lipinski definition) is 5. The van der Waals surface area contributed by atoms with Gasteiger partial charge in [0, 0.05) is 19.7 Å². The lowest BCUT2D eigenvalue weighted by Crippen LogP contribution is -2.26. The van der Waals surface area contributed by atoms with Gasteiger partial charge in [-0.3, -0.25) is 9.48 Å². The third-order valence-electron chi connectivity index (χ3n) is 4.59. The average Bonchev–Trinajstić information content (AvgIpc) is 3.34. The summed E-state index contributed by atoms with van der Waals surface area (Å²) in [6.07, 6.45) is 5.23. The highest BCUT2D eigenvalue weighted by atomic mass is 19.1. The Labute approximate surface area is 149 Å². The fourth-order valence-electron chi connectivity index (χ4n) is 3.24. The number of nitrogens with one attached hydrogen (secondary N) is 1. The monoisotopic (exact) mass is 355 g/mol. The van der Waals surface area contributed by atoms with Crippen molar-refractivity contribution in [1.29, 1.82) is 0 Å². The summed E-state index contributed by atoms with van der Waals surface area (Å²) >= 11 is 0. The smallest absolute Gasteiger partial charge is 0.254 e. The second-order valence-electron chi connectivity index (χ2n) is 6.36. The maximum atomic E-state index is 14.6. The van der Waals surface area contributed by atoms with Crippen LogP contribution in [0.25, 0.3) is 11.4 Å². The van der Waals surface area contributed by atoms with E-state index in [4.69, 9.17) is 4.52 Å². The van der Waals surface area contributed by atoms with Gasteiger partial charge in [0.2, 0.25) is 11.7 Å². The van der Waals surface area contributed by atoms with Gasteiger partial charge < -0.3 is 9.84 Å². The molecule has 1 aliphatic carbocycles. The van der Waals surface area contributed by atoms with E-state index in [1.54, 1.807) is 24.0 Å². The molecule has 0 fully saturated rings. The van der Waals surface area contributed by atoms with Crippen molar-refractivity contribution in [2.24, 2.45) is 7.05 Å². The lowest BCUT2D eigenvalue weighted by atomic mass is 10.0. The number of aromatic nitrogens is 4. The molecule has 0 saturated carbocycles. The zero-order valence-corrected chi connectivity index (χ0v) is 14.5. The Morgan fingerprint density at radius 3 is 3.00 bits per heavy atom. The van der Waals surface area contributed by atoms with Crippen molar-refractivity contribution in [3.8, 4) is 11.4 Å². The maximum Gasteiger partial charge on any atom is 0.254 e. The van der Waals surface area contributed by atoms with Crippen LogP contribution in [0, 0.1) is 5.82 Å². The average molecular weight is 355 g/mol. The largest absolute Gasteiger partial charge is 0.345 e. The Hall–Kier alpha value is -3.03. The highest BCUT2D eigenvalue weighted by Gasteiger charge is 2.27. The topological polar surface area (TPSA) is 85.8 Å². The molecule has 0 aliphatic heterocycles. The van der Waals surface area contributed by atoms with Crippen LogP contribution in [0.2, 0.25) is 0 Å². The minimum absolute atomic E-state index is 0.216. The van der Waals surface area contributed by atoms with Crippen molar-refractivity contribution in [3.63, 3.8) is 0 Å². The van der Waals surface area contributed by atoms with E-state index < -0.39 is 5.82 Å². The third-order valence-corrected chi connectivity index (χ3v) is 4.59. The predicted octanol–water partition coefficient (Wildman–Crippen LogP) is 2.59. The highest BCUT2D eigenvalue weighted by molar-refractivity contribution is 5.94. The van der Waals surface area contributed by atoms with Crippen molar-refractivity contribution < 1.29 is 13.7 Å². The Balaban J connectivity index is 1.59. The number of carbonyl (C=O) groups excluding carboxylic acids is 1. The molecule has 0 spiro atoms. The number of halogens is 1. The Morgan fingerprint density at radius 1 is 1.46 bits per heavy atom. The zero-order valence-electron chi connectivity index (χ0n) is 14.5. The van der Waals surface area contributed by atoms with Crippen LogP contribution < -0.4 is 5.32 Å². The first-order chi connectivity index (χ1) is 12.5. The summed E-state index contributed by atoms with van der Waals surface area (Å²) in [6.45, 7) is 1.89. The van der Waals surface area contributed by atoms with Crippen LogP contribution in [0.3, 0.4) is 0 Å². The van der Waals surface area contributed by atoms with E-state index in [2.05, 4.69) is 20.6 Å². The fraction of sp³-hybridized carbons (Fsp3) is 0.333. The maximum absolute atomic E-state index is 14.6. The van der Waals surface area contributed by atoms with Crippen LogP contribution in [0.1, 0.15) is 46.8 Å². The van der Waals surface area contributed by atoms with Crippen LogP contribution in [0.4, 0.5) is 4.39 Å². The molecule has 1 N–H and O–H groups in total. The Bertz CT molecular complexity index is 978. The number of carbonyl (C=O) groups is 1. The summed E-state index contributed by atoms with van der Waals surface area (Å²) < 4.78 is 21.3. The van der Waals surface area contributed by atoms with Gasteiger partial charge in [-0.15, -0.1) is 0 Å². The quantitative estimate of drug-likeness (QED) is 0.777. The van der Waals surface area contributed by atoms with Gasteiger partial charge in [0.1, 0.15) is 5.82 Å². The second-order valence-corrected chi connectivity index (χ2v) is 6.36. The van der Waals surface area contributed by atoms with E-state index in [-0.39, 0.29) is 17.8 Å². The Kier molecular flexibility index (Phi) is 4.02. The van der Waals surface area contributed by atoms with Crippen molar-refractivity contribution in [3.05, 3.63) is 52.9 Å². The van der Waals surface area contributed by atoms with Gasteiger partial charge in [-0.25, -0.2) is 4.39 Å². The SMILES string of the molecule is CCc1nc(-c2cc3c(cc2F)[C@H](NC(=O)c2cnn(C)c2)CC3)no1. The van der Waals surface area contributed by atoms with Gasteiger partial charge in [0.25, 0.3) is 5.91 Å². The minimum Gasteiger partial charge on any atom is -0.345 e. The molecule has 0 unspecified atom stereocenters. The number of aryl methyl sites for hydroxylation is 3. The summed E-state index contributed by atoms with van der Waals surface area (Å²) in [5.41, 5.74) is 2.59. The molecule has 26 heavy (non-hydrogen) atoms. The highest BCUT2D eigenvalue weighted by Crippen LogP contribution is 2.35. The molecule has 2 heterocycles. The number of fused-ring (bicyclic) bond motifs is 1. The molecule has 2 aromatic heterocycles. The molecule has 3 aromatic rings. The van der Waals surface area contributed by atoms with Crippen LogP contribution in [0.5, 0.6) is 0 Å². The van der Waals surface area contributed by atoms with Crippen LogP contribution in [-0.4, -0.2) is 25.8 Å². The molecule has 1 atom stereocenters. The summed E-state index contributed by atoms with van der Waals surface area (Å²) in [7, 11) is 1.75. The predicted molar refractivity (Wildman–Crippen MR) is 90.8 cm³/mol. The molecule has 0 saturated heterocycles. The zero-order chi connectivity index (χ0) is 18.3. The van der Waals surface area contributed by atoms with E-state index in [0.29, 0.717) is 23.4 Å². The van der Waals surface area contributed by atoms with E-state index >= 15 is 0 Å². The summed E-state index contributed by atoms with van der Waals surface area (Å²) in [6, 6.07) is 3.00. The van der Waals surface area contributed by atoms with Crippen LogP contribution in [0.15, 0.2) is 29.0 Å². The van der Waals surface area contributed by atoms with Crippen molar-refractivity contribution in [1.82, 2.24) is 25.2 Å². The van der Waals surface area contributed by atoms with Gasteiger partial charge in [-0.2, -0.15) is 10.1 Å². The standard InChI is InChI=1S/C18H18FN5O2/c1-3-16-22-17(23-26-16)13-6-10-4-5-15(12(10)7-14(13)19)21-18(25)11-8-20-24(2)9-11/h6-9,15H,3-5H2,1-2H3,(H,21,25)/t15-/m1/s1. The third kappa shape index (κ3) is 2.87. The van der Waals surface area contributed by atoms with Crippen LogP contribution >= 0.6 is 0 Å². The van der Waals surface area contributed by atoms with Crippen molar-refractivity contribution >= 4 is 5.91 Å². The number of hydrogen-bond donors (Lipinski definition) is 1. The van der Waals surface area contributed by atoms with Gasteiger partial charge >= 0.3 is 0 Å². The normalized spacial score (nSPS) is 15.9. The first kappa shape index (κ1) is 16.4. The molecule has 8 heteroatoms. The van der Waals surface area contributed by atoms with E-state index in [1.165, 1.54) is 12.3 Å². The molecule has 1 amide bonds. The van der Waals surface area contributed by atoms with E-state index in [1.807, 2.05) is 6.92 Å². The lowest BCUT2D eigenvalue weighted by Gasteiger charge is -2.14. The summed E-state index contributed by atoms with van der Waals surface area (Å²) in [5.74, 6) is 0.0902. The summed E-state index contributed by atoms with van der Waals surface area (Å²) in [4.78, 5) is 16.5. The fourth-order valence-corrected chi connectivity index (χ4v) is 3.24. The van der Waals surface area contributed by atoms with Gasteiger partial charge in [0.15, 0.2) is 0 Å². The second kappa shape index (κ2) is 6.36. The van der Waals surface area contributed by atoms with Crippen molar-refractivity contribution in [2.75, 3.05) is 0 Å². The van der Waals surface area contributed by atoms with E-state index in [9.17, 15) is 9.18 Å². The molecule has 7 nitrogen and oxygen atoms in total. The van der Waals surface area contributed by atoms with Crippen LogP contribution in [-0.2, 0) is 19.9 Å². The van der Waals surface area contributed by atoms with E-state index in [0.717, 1.165) is 24.0 Å². The Morgan fingerprint density at radius 2 is 2.31 bits per heavy atom. The van der Waals surface area contributed by atoms with Gasteiger partial charge in [-0.1, -0.05) is 12.1 Å². The van der Waals surface area contributed by atoms with Gasteiger partial charge in [0.05, 0.1) is 23.4 Å². The first-order valence-corrected chi connectivity index (χ1v) is 8.50. The van der Waals surface area contributed by atoms with Crippen molar-refractivity contribution in [2.45, 2.75) is 32.2 Å². The molecule has 0 bridgehead atoms.